The Morgan fingerprint density at radius 3 is 2.24 bits per heavy atom. The lowest BCUT2D eigenvalue weighted by atomic mass is 10.1. The van der Waals surface area contributed by atoms with Crippen molar-refractivity contribution in [1.82, 2.24) is 9.97 Å². The molecule has 0 aliphatic carbocycles. The molecular formula is C26H20F6N4O5S. The minimum Gasteiger partial charge on any atom is -0.444 e. The van der Waals surface area contributed by atoms with Crippen LogP contribution in [0.1, 0.15) is 30.8 Å². The lowest BCUT2D eigenvalue weighted by Gasteiger charge is -2.26. The second kappa shape index (κ2) is 9.90. The van der Waals surface area contributed by atoms with Gasteiger partial charge in [-0.25, -0.2) is 18.4 Å². The molecule has 42 heavy (non-hydrogen) atoms. The second-order valence-corrected chi connectivity index (χ2v) is 11.5. The molecule has 3 heterocycles. The lowest BCUT2D eigenvalue weighted by Crippen LogP contribution is -2.31. The maximum absolute atomic E-state index is 14.0. The Kier molecular flexibility index (Phi) is 6.88. The molecule has 0 saturated heterocycles. The smallest absolute Gasteiger partial charge is 0.444 e. The molecule has 2 aromatic carbocycles. The number of halogens is 6. The Labute approximate surface area is 234 Å². The fraction of sp³-hybridized carbons (Fsp3) is 0.231. The van der Waals surface area contributed by atoms with Crippen molar-refractivity contribution in [2.24, 2.45) is 0 Å². The number of oxazole rings is 1. The molecule has 0 amide bonds. The molecule has 0 unspecified atom stereocenters. The number of ether oxygens (including phenoxy) is 1. The monoisotopic (exact) mass is 614 g/mol. The molecular weight excluding hydrogens is 594 g/mol. The zero-order valence-corrected chi connectivity index (χ0v) is 22.4. The minimum absolute atomic E-state index is 0.0154. The van der Waals surface area contributed by atoms with Crippen LogP contribution in [-0.4, -0.2) is 29.9 Å². The largest absolute Gasteiger partial charge is 0.573 e. The van der Waals surface area contributed by atoms with E-state index in [1.165, 1.54) is 38.3 Å². The van der Waals surface area contributed by atoms with Crippen LogP contribution >= 0.6 is 0 Å². The maximum Gasteiger partial charge on any atom is 0.573 e. The molecule has 2 aromatic heterocycles. The van der Waals surface area contributed by atoms with E-state index in [0.29, 0.717) is 6.07 Å². The number of para-hydroxylation sites is 1. The van der Waals surface area contributed by atoms with E-state index >= 15 is 0 Å². The number of alkyl halides is 6. The predicted octanol–water partition coefficient (Wildman–Crippen LogP) is 6.33. The summed E-state index contributed by atoms with van der Waals surface area (Å²) in [5.74, 6) is -1.04. The van der Waals surface area contributed by atoms with Crippen LogP contribution in [0.15, 0.2) is 70.2 Å². The number of sulfonamides is 1. The van der Waals surface area contributed by atoms with Crippen molar-refractivity contribution in [2.75, 3.05) is 9.62 Å². The van der Waals surface area contributed by atoms with Gasteiger partial charge in [0.15, 0.2) is 0 Å². The molecule has 222 valence electrons. The Morgan fingerprint density at radius 2 is 1.64 bits per heavy atom. The summed E-state index contributed by atoms with van der Waals surface area (Å²) in [6.07, 6.45) is -8.62. The van der Waals surface area contributed by atoms with Crippen LogP contribution in [0.5, 0.6) is 5.75 Å². The van der Waals surface area contributed by atoms with Crippen molar-refractivity contribution in [2.45, 2.75) is 43.4 Å². The number of rotatable bonds is 5. The first-order valence-corrected chi connectivity index (χ1v) is 13.4. The van der Waals surface area contributed by atoms with Gasteiger partial charge in [-0.3, -0.25) is 4.31 Å². The normalized spacial score (nSPS) is 14.1. The summed E-state index contributed by atoms with van der Waals surface area (Å²) in [5, 5.41) is 13.1. The molecule has 9 nitrogen and oxygen atoms in total. The van der Waals surface area contributed by atoms with Crippen LogP contribution in [0.25, 0.3) is 11.5 Å². The van der Waals surface area contributed by atoms with Crippen molar-refractivity contribution in [1.29, 1.82) is 0 Å². The molecule has 0 radical (unpaired) electrons. The quantitative estimate of drug-likeness (QED) is 0.251. The second-order valence-electron chi connectivity index (χ2n) is 9.66. The van der Waals surface area contributed by atoms with Crippen molar-refractivity contribution in [3.8, 4) is 17.2 Å². The van der Waals surface area contributed by atoms with E-state index in [1.54, 1.807) is 0 Å². The predicted molar refractivity (Wildman–Crippen MR) is 136 cm³/mol. The molecule has 16 heteroatoms. The van der Waals surface area contributed by atoms with Gasteiger partial charge in [-0.15, -0.1) is 13.2 Å². The van der Waals surface area contributed by atoms with Crippen LogP contribution in [0.3, 0.4) is 0 Å². The van der Waals surface area contributed by atoms with Gasteiger partial charge < -0.3 is 19.6 Å². The highest BCUT2D eigenvalue weighted by Gasteiger charge is 2.37. The third kappa shape index (κ3) is 5.72. The molecule has 2 N–H and O–H groups in total. The summed E-state index contributed by atoms with van der Waals surface area (Å²) in [6.45, 7) is 2.37. The van der Waals surface area contributed by atoms with Crippen molar-refractivity contribution >= 4 is 27.2 Å². The van der Waals surface area contributed by atoms with Crippen LogP contribution in [0, 0.1) is 0 Å². The molecule has 0 fully saturated rings. The van der Waals surface area contributed by atoms with Gasteiger partial charge in [-0.05, 0) is 56.3 Å². The number of pyridine rings is 1. The van der Waals surface area contributed by atoms with Crippen LogP contribution in [0.4, 0.5) is 43.5 Å². The van der Waals surface area contributed by atoms with Gasteiger partial charge in [0.25, 0.3) is 10.0 Å². The highest BCUT2D eigenvalue weighted by molar-refractivity contribution is 7.92. The number of nitrogens with zero attached hydrogens (tertiary/aromatic N) is 3. The van der Waals surface area contributed by atoms with Gasteiger partial charge >= 0.3 is 12.5 Å². The molecule has 1 aliphatic rings. The van der Waals surface area contributed by atoms with Crippen LogP contribution in [0.2, 0.25) is 0 Å². The fourth-order valence-electron chi connectivity index (χ4n) is 4.15. The summed E-state index contributed by atoms with van der Waals surface area (Å²) in [4.78, 5) is 7.49. The number of anilines is 3. The summed E-state index contributed by atoms with van der Waals surface area (Å²) in [5.41, 5.74) is -2.45. The van der Waals surface area contributed by atoms with Gasteiger partial charge in [-0.2, -0.15) is 13.2 Å². The van der Waals surface area contributed by atoms with Gasteiger partial charge in [0.2, 0.25) is 5.89 Å². The number of hydrogen-bond donors (Lipinski definition) is 2. The first-order chi connectivity index (χ1) is 19.4. The topological polar surface area (TPSA) is 118 Å². The Hall–Kier alpha value is -4.31. The molecule has 1 aliphatic heterocycles. The molecule has 0 atom stereocenters. The standard InChI is InChI=1S/C26H20F6N4O5S/c1-24(2,37)20-13-40-23(35-20)17-4-3-5-18-21(17)36(12-14-6-11-19(25(27,28)29)34-22(14)33-18)42(38,39)16-9-7-15(8-10-16)41-26(30,31)32/h3-11,13,37H,12H2,1-2H3,(H,33,34). The highest BCUT2D eigenvalue weighted by Crippen LogP contribution is 2.45. The fourth-order valence-corrected chi connectivity index (χ4v) is 5.63. The van der Waals surface area contributed by atoms with E-state index < -0.39 is 51.0 Å². The zero-order chi connectivity index (χ0) is 30.7. The third-order valence-electron chi connectivity index (χ3n) is 6.13. The molecule has 4 aromatic rings. The zero-order valence-electron chi connectivity index (χ0n) is 21.6. The summed E-state index contributed by atoms with van der Waals surface area (Å²) >= 11 is 0. The van der Waals surface area contributed by atoms with Crippen molar-refractivity contribution < 1.29 is 49.0 Å². The van der Waals surface area contributed by atoms with E-state index in [0.717, 1.165) is 34.6 Å². The molecule has 0 spiro atoms. The van der Waals surface area contributed by atoms with Crippen molar-refractivity contribution in [3.63, 3.8) is 0 Å². The third-order valence-corrected chi connectivity index (χ3v) is 7.89. The van der Waals surface area contributed by atoms with Gasteiger partial charge in [0, 0.05) is 5.56 Å². The number of aromatic nitrogens is 2. The minimum atomic E-state index is -5.01. The summed E-state index contributed by atoms with van der Waals surface area (Å²) in [6, 6.07) is 9.55. The van der Waals surface area contributed by atoms with Crippen molar-refractivity contribution in [3.05, 3.63) is 77.8 Å². The average molecular weight is 615 g/mol. The lowest BCUT2D eigenvalue weighted by molar-refractivity contribution is -0.274. The van der Waals surface area contributed by atoms with E-state index in [1.807, 2.05) is 0 Å². The van der Waals surface area contributed by atoms with E-state index in [-0.39, 0.29) is 39.9 Å². The summed E-state index contributed by atoms with van der Waals surface area (Å²) < 4.78 is 117. The van der Waals surface area contributed by atoms with E-state index in [4.69, 9.17) is 4.42 Å². The number of benzene rings is 2. The Balaban J connectivity index is 1.69. The van der Waals surface area contributed by atoms with E-state index in [9.17, 15) is 39.9 Å². The molecule has 5 rings (SSSR count). The average Bonchev–Trinajstić information content (AvgIpc) is 3.31. The number of nitrogens with one attached hydrogen (secondary N) is 1. The first kappa shape index (κ1) is 29.2. The van der Waals surface area contributed by atoms with E-state index in [2.05, 4.69) is 20.0 Å². The Morgan fingerprint density at radius 1 is 0.952 bits per heavy atom. The SMILES string of the molecule is CC(C)(O)c1coc(-c2cccc3c2N(S(=O)(=O)c2ccc(OC(F)(F)F)cc2)Cc2ccc(C(F)(F)F)nc2N3)n1. The number of fused-ring (bicyclic) bond motifs is 2. The van der Waals surface area contributed by atoms with Crippen LogP contribution < -0.4 is 14.4 Å². The molecule has 0 bridgehead atoms. The van der Waals surface area contributed by atoms with Gasteiger partial charge in [-0.1, -0.05) is 12.1 Å². The number of aliphatic hydroxyl groups is 1. The first-order valence-electron chi connectivity index (χ1n) is 12.0. The highest BCUT2D eigenvalue weighted by atomic mass is 32.2. The van der Waals surface area contributed by atoms with Gasteiger partial charge in [0.05, 0.1) is 28.4 Å². The van der Waals surface area contributed by atoms with Crippen LogP contribution in [-0.2, 0) is 28.3 Å². The molecule has 0 saturated carbocycles. The van der Waals surface area contributed by atoms with Gasteiger partial charge in [0.1, 0.15) is 34.8 Å². The maximum atomic E-state index is 14.0. The Bertz CT molecular complexity index is 1750. The summed E-state index contributed by atoms with van der Waals surface area (Å²) in [7, 11) is -4.60. The number of hydrogen-bond acceptors (Lipinski definition) is 8.